The first-order valence-electron chi connectivity index (χ1n) is 13.8. The van der Waals surface area contributed by atoms with E-state index in [1.165, 1.54) is 11.9 Å². The van der Waals surface area contributed by atoms with Crippen LogP contribution < -0.4 is 0 Å². The molecule has 4 atom stereocenters. The van der Waals surface area contributed by atoms with E-state index in [9.17, 15) is 18.9 Å². The molecule has 1 unspecified atom stereocenters. The Morgan fingerprint density at radius 1 is 0.721 bits per heavy atom. The fourth-order valence-electron chi connectivity index (χ4n) is 4.35. The zero-order valence-corrected chi connectivity index (χ0v) is 24.7. The largest absolute Gasteiger partial charge is 0.462 e. The van der Waals surface area contributed by atoms with Crippen molar-refractivity contribution in [3.05, 3.63) is 120 Å². The third-order valence-corrected chi connectivity index (χ3v) is 8.16. The Kier molecular flexibility index (Phi) is 11.4. The highest BCUT2D eigenvalue weighted by atomic mass is 31.2. The first-order valence-corrected chi connectivity index (χ1v) is 15.4. The summed E-state index contributed by atoms with van der Waals surface area (Å²) in [4.78, 5) is 39.0. The molecule has 0 N–H and O–H groups in total. The summed E-state index contributed by atoms with van der Waals surface area (Å²) < 4.78 is 47.1. The Labute approximate surface area is 250 Å². The van der Waals surface area contributed by atoms with Crippen LogP contribution in [0.1, 0.15) is 44.9 Å². The van der Waals surface area contributed by atoms with Crippen LogP contribution >= 0.6 is 7.60 Å². The maximum atomic E-state index is 13.2. The number of hydrogen-bond acceptors (Lipinski definition) is 10. The van der Waals surface area contributed by atoms with Crippen molar-refractivity contribution < 1.29 is 46.9 Å². The predicted octanol–water partition coefficient (Wildman–Crippen LogP) is 6.05. The molecule has 3 aromatic carbocycles. The molecule has 226 valence electrons. The number of rotatable bonds is 13. The molecule has 10 nitrogen and oxygen atoms in total. The Balaban J connectivity index is 1.66. The number of benzene rings is 3. The molecule has 0 saturated carbocycles. The van der Waals surface area contributed by atoms with Gasteiger partial charge in [-0.2, -0.15) is 0 Å². The van der Waals surface area contributed by atoms with Crippen LogP contribution in [0, 0.1) is 5.92 Å². The fraction of sp³-hybridized carbons (Fsp3) is 0.281. The summed E-state index contributed by atoms with van der Waals surface area (Å²) in [5.74, 6) is -1.66. The molecule has 1 heterocycles. The lowest BCUT2D eigenvalue weighted by atomic mass is 9.99. The zero-order valence-electron chi connectivity index (χ0n) is 23.8. The van der Waals surface area contributed by atoms with Crippen molar-refractivity contribution in [2.45, 2.75) is 32.3 Å². The number of carbonyl (C=O) groups is 3. The number of ether oxygens (including phenoxy) is 4. The highest BCUT2D eigenvalue weighted by Gasteiger charge is 2.49. The lowest BCUT2D eigenvalue weighted by molar-refractivity contribution is -0.130. The van der Waals surface area contributed by atoms with Gasteiger partial charge in [-0.3, -0.25) is 4.57 Å². The number of esters is 3. The van der Waals surface area contributed by atoms with Crippen molar-refractivity contribution in [2.75, 3.05) is 19.8 Å². The standard InChI is InChI=1S/C32H33O10P/c1-3-38-43(36,39-4-2)21-20-27-26(22-37-29(33)23-14-8-5-9-15-23)28(41-30(34)24-16-10-6-11-17-24)32(40-27)42-31(35)25-18-12-7-13-19-25/h5-21,26-28,32H,3-4,22H2,1-2H3/b21-20+/t26-,27-,28-,32?/m1/s1. The Morgan fingerprint density at radius 2 is 1.19 bits per heavy atom. The normalized spacial score (nSPS) is 20.0. The lowest BCUT2D eigenvalue weighted by Gasteiger charge is -2.23. The molecule has 0 spiro atoms. The van der Waals surface area contributed by atoms with E-state index >= 15 is 0 Å². The number of hydrogen-bond donors (Lipinski definition) is 0. The SMILES string of the molecule is CCOP(=O)(/C=C/[C@H]1OC(OC(=O)c2ccccc2)[C@H](OC(=O)c2ccccc2)[C@@H]1COC(=O)c1ccccc1)OCC. The summed E-state index contributed by atoms with van der Waals surface area (Å²) >= 11 is 0. The van der Waals surface area contributed by atoms with Gasteiger partial charge in [-0.05, 0) is 56.3 Å². The number of carbonyl (C=O) groups excluding carboxylic acids is 3. The topological polar surface area (TPSA) is 124 Å². The first-order chi connectivity index (χ1) is 20.8. The molecule has 43 heavy (non-hydrogen) atoms. The minimum atomic E-state index is -3.66. The Morgan fingerprint density at radius 3 is 1.67 bits per heavy atom. The van der Waals surface area contributed by atoms with E-state index in [0.29, 0.717) is 5.56 Å². The van der Waals surface area contributed by atoms with E-state index in [-0.39, 0.29) is 30.9 Å². The van der Waals surface area contributed by atoms with Crippen LogP contribution in [0.25, 0.3) is 0 Å². The van der Waals surface area contributed by atoms with Crippen molar-refractivity contribution in [1.29, 1.82) is 0 Å². The molecule has 11 heteroatoms. The van der Waals surface area contributed by atoms with Crippen LogP contribution in [-0.2, 0) is 32.6 Å². The maximum Gasteiger partial charge on any atom is 0.353 e. The third-order valence-electron chi connectivity index (χ3n) is 6.38. The summed E-state index contributed by atoms with van der Waals surface area (Å²) in [6.45, 7) is 3.31. The average molecular weight is 609 g/mol. The maximum absolute atomic E-state index is 13.2. The molecule has 0 amide bonds. The summed E-state index contributed by atoms with van der Waals surface area (Å²) in [6, 6.07) is 24.9. The van der Waals surface area contributed by atoms with Gasteiger partial charge in [-0.1, -0.05) is 54.6 Å². The van der Waals surface area contributed by atoms with Gasteiger partial charge in [-0.25, -0.2) is 14.4 Å². The molecule has 1 saturated heterocycles. The van der Waals surface area contributed by atoms with E-state index in [1.807, 2.05) is 0 Å². The van der Waals surface area contributed by atoms with E-state index in [4.69, 9.17) is 28.0 Å². The quantitative estimate of drug-likeness (QED) is 0.129. The Bertz CT molecular complexity index is 1420. The van der Waals surface area contributed by atoms with Gasteiger partial charge in [0.05, 0.1) is 41.9 Å². The smallest absolute Gasteiger partial charge is 0.353 e. The molecule has 3 aromatic rings. The molecule has 0 bridgehead atoms. The van der Waals surface area contributed by atoms with Gasteiger partial charge in [-0.15, -0.1) is 0 Å². The van der Waals surface area contributed by atoms with Crippen LogP contribution in [0.2, 0.25) is 0 Å². The third kappa shape index (κ3) is 8.72. The van der Waals surface area contributed by atoms with Crippen LogP contribution in [0.4, 0.5) is 0 Å². The summed E-state index contributed by atoms with van der Waals surface area (Å²) in [5.41, 5.74) is 0.824. The summed E-state index contributed by atoms with van der Waals surface area (Å²) in [7, 11) is -3.66. The summed E-state index contributed by atoms with van der Waals surface area (Å²) in [5, 5.41) is 0. The summed E-state index contributed by atoms with van der Waals surface area (Å²) in [6.07, 6.45) is -2.17. The second-order valence-electron chi connectivity index (χ2n) is 9.32. The average Bonchev–Trinajstić information content (AvgIpc) is 3.35. The van der Waals surface area contributed by atoms with Crippen LogP contribution in [0.15, 0.2) is 103 Å². The van der Waals surface area contributed by atoms with Gasteiger partial charge in [0.15, 0.2) is 6.10 Å². The second kappa shape index (κ2) is 15.4. The van der Waals surface area contributed by atoms with Gasteiger partial charge in [0.2, 0.25) is 6.29 Å². The monoisotopic (exact) mass is 608 g/mol. The predicted molar refractivity (Wildman–Crippen MR) is 156 cm³/mol. The zero-order chi connectivity index (χ0) is 30.7. The Hall–Kier alpha value is -4.08. The van der Waals surface area contributed by atoms with Crippen LogP contribution in [0.3, 0.4) is 0 Å². The molecule has 0 radical (unpaired) electrons. The molecule has 1 fully saturated rings. The molecular weight excluding hydrogens is 575 g/mol. The first kappa shape index (κ1) is 31.8. The van der Waals surface area contributed by atoms with Gasteiger partial charge in [0, 0.05) is 5.82 Å². The second-order valence-corrected chi connectivity index (χ2v) is 11.2. The van der Waals surface area contributed by atoms with Crippen molar-refractivity contribution >= 4 is 25.5 Å². The molecular formula is C32H33O10P. The van der Waals surface area contributed by atoms with Gasteiger partial charge in [0.1, 0.15) is 6.61 Å². The van der Waals surface area contributed by atoms with Crippen molar-refractivity contribution in [2.24, 2.45) is 5.92 Å². The fourth-order valence-corrected chi connectivity index (χ4v) is 5.70. The molecule has 1 aliphatic heterocycles. The molecule has 0 aromatic heterocycles. The minimum Gasteiger partial charge on any atom is -0.462 e. The van der Waals surface area contributed by atoms with Crippen molar-refractivity contribution in [1.82, 2.24) is 0 Å². The van der Waals surface area contributed by atoms with Crippen LogP contribution in [-0.4, -0.2) is 56.2 Å². The van der Waals surface area contributed by atoms with E-state index in [0.717, 1.165) is 0 Å². The van der Waals surface area contributed by atoms with E-state index in [1.54, 1.807) is 105 Å². The highest BCUT2D eigenvalue weighted by Crippen LogP contribution is 2.50. The van der Waals surface area contributed by atoms with Gasteiger partial charge in [0.25, 0.3) is 0 Å². The van der Waals surface area contributed by atoms with Crippen molar-refractivity contribution in [3.63, 3.8) is 0 Å². The van der Waals surface area contributed by atoms with E-state index in [2.05, 4.69) is 0 Å². The lowest BCUT2D eigenvalue weighted by Crippen LogP contribution is -2.38. The van der Waals surface area contributed by atoms with Gasteiger partial charge < -0.3 is 28.0 Å². The molecule has 0 aliphatic carbocycles. The molecule has 4 rings (SSSR count). The van der Waals surface area contributed by atoms with E-state index < -0.39 is 49.9 Å². The highest BCUT2D eigenvalue weighted by molar-refractivity contribution is 7.57. The minimum absolute atomic E-state index is 0.125. The van der Waals surface area contributed by atoms with Gasteiger partial charge >= 0.3 is 25.5 Å². The molecule has 1 aliphatic rings. The van der Waals surface area contributed by atoms with Crippen molar-refractivity contribution in [3.8, 4) is 0 Å². The van der Waals surface area contributed by atoms with Crippen LogP contribution in [0.5, 0.6) is 0 Å².